The fourth-order valence-electron chi connectivity index (χ4n) is 1.14. The summed E-state index contributed by atoms with van der Waals surface area (Å²) in [5.41, 5.74) is 5.40. The van der Waals surface area contributed by atoms with Gasteiger partial charge in [0, 0.05) is 6.42 Å². The quantitative estimate of drug-likeness (QED) is 0.610. The van der Waals surface area contributed by atoms with Crippen molar-refractivity contribution in [1.82, 2.24) is 4.72 Å². The minimum Gasteiger partial charge on any atom is -0.318 e. The van der Waals surface area contributed by atoms with E-state index in [1.807, 2.05) is 0 Å². The van der Waals surface area contributed by atoms with Crippen molar-refractivity contribution in [3.63, 3.8) is 0 Å². The molecule has 1 unspecified atom stereocenters. The molecule has 0 aromatic rings. The smallest absolute Gasteiger partial charge is 0.236 e. The van der Waals surface area contributed by atoms with E-state index in [9.17, 15) is 13.2 Å². The predicted octanol–water partition coefficient (Wildman–Crippen LogP) is -0.890. The van der Waals surface area contributed by atoms with Gasteiger partial charge >= 0.3 is 0 Å². The van der Waals surface area contributed by atoms with E-state index in [1.54, 1.807) is 0 Å². The van der Waals surface area contributed by atoms with Gasteiger partial charge in [-0.1, -0.05) is 0 Å². The molecule has 0 aromatic heterocycles. The van der Waals surface area contributed by atoms with E-state index in [0.29, 0.717) is 0 Å². The second-order valence-electron chi connectivity index (χ2n) is 2.83. The Labute approximate surface area is 77.0 Å². The van der Waals surface area contributed by atoms with Crippen LogP contribution in [0.25, 0.3) is 0 Å². The van der Waals surface area contributed by atoms with Crippen LogP contribution in [0, 0.1) is 0 Å². The summed E-state index contributed by atoms with van der Waals surface area (Å²) in [6.07, 6.45) is 1.75. The van der Waals surface area contributed by atoms with Crippen LogP contribution in [0.3, 0.4) is 0 Å². The highest BCUT2D eigenvalue weighted by Crippen LogP contribution is 2.18. The number of nitrogens with one attached hydrogen (secondary N) is 1. The first-order valence-electron chi connectivity index (χ1n) is 3.90. The van der Waals surface area contributed by atoms with Crippen LogP contribution in [0.5, 0.6) is 0 Å². The van der Waals surface area contributed by atoms with E-state index >= 15 is 0 Å². The van der Waals surface area contributed by atoms with Crippen LogP contribution < -0.4 is 10.5 Å². The van der Waals surface area contributed by atoms with Gasteiger partial charge in [-0.05, 0) is 19.5 Å². The number of sulfonamides is 1. The molecule has 0 heterocycles. The van der Waals surface area contributed by atoms with Crippen molar-refractivity contribution in [2.24, 2.45) is 5.73 Å². The first-order valence-corrected chi connectivity index (χ1v) is 5.38. The van der Waals surface area contributed by atoms with Gasteiger partial charge < -0.3 is 5.73 Å². The lowest BCUT2D eigenvalue weighted by atomic mass is 10.0. The zero-order valence-corrected chi connectivity index (χ0v) is 8.10. The summed E-state index contributed by atoms with van der Waals surface area (Å²) in [7, 11) is -2.07. The lowest BCUT2D eigenvalue weighted by molar-refractivity contribution is -0.119. The van der Waals surface area contributed by atoms with Gasteiger partial charge in [-0.3, -0.25) is 4.79 Å². The molecule has 0 radical (unpaired) electrons. The summed E-state index contributed by atoms with van der Waals surface area (Å²) in [4.78, 5) is 11.2. The van der Waals surface area contributed by atoms with Crippen molar-refractivity contribution in [3.05, 3.63) is 11.0 Å². The van der Waals surface area contributed by atoms with Gasteiger partial charge in [0.25, 0.3) is 0 Å². The number of carbonyl (C=O) groups is 1. The normalized spacial score (nSPS) is 24.3. The van der Waals surface area contributed by atoms with E-state index < -0.39 is 16.1 Å². The zero-order valence-electron chi connectivity index (χ0n) is 7.28. The molecule has 0 saturated carbocycles. The Morgan fingerprint density at radius 3 is 2.62 bits per heavy atom. The number of carbonyl (C=O) groups excluding carboxylic acids is 1. The molecule has 0 bridgehead atoms. The summed E-state index contributed by atoms with van der Waals surface area (Å²) in [6, 6.07) is -0.771. The third kappa shape index (κ3) is 2.15. The molecule has 13 heavy (non-hydrogen) atoms. The maximum atomic E-state index is 11.3. The molecular formula is C7H12N2O3S. The number of allylic oxidation sites excluding steroid dienone is 1. The van der Waals surface area contributed by atoms with Crippen LogP contribution in [-0.2, 0) is 14.8 Å². The standard InChI is InChI=1S/C7H12N2O3S/c1-9-13(11,12)5-2-3-7(10)6(8)4-5/h4,6,9H,2-3,8H2,1H3. The van der Waals surface area contributed by atoms with Crippen LogP contribution in [-0.4, -0.2) is 27.3 Å². The van der Waals surface area contributed by atoms with Crippen molar-refractivity contribution in [3.8, 4) is 0 Å². The predicted molar refractivity (Wildman–Crippen MR) is 48.3 cm³/mol. The largest absolute Gasteiger partial charge is 0.318 e. The minimum atomic E-state index is -3.40. The maximum Gasteiger partial charge on any atom is 0.236 e. The maximum absolute atomic E-state index is 11.3. The van der Waals surface area contributed by atoms with Crippen molar-refractivity contribution in [2.75, 3.05) is 7.05 Å². The van der Waals surface area contributed by atoms with Gasteiger partial charge in [0.05, 0.1) is 10.9 Å². The average Bonchev–Trinajstić information content (AvgIpc) is 2.09. The molecule has 0 spiro atoms. The van der Waals surface area contributed by atoms with Crippen LogP contribution in [0.1, 0.15) is 12.8 Å². The third-order valence-electron chi connectivity index (χ3n) is 1.97. The minimum absolute atomic E-state index is 0.116. The van der Waals surface area contributed by atoms with Gasteiger partial charge in [0.1, 0.15) is 0 Å². The highest BCUT2D eigenvalue weighted by molar-refractivity contribution is 7.93. The van der Waals surface area contributed by atoms with Crippen molar-refractivity contribution in [1.29, 1.82) is 0 Å². The van der Waals surface area contributed by atoms with Gasteiger partial charge in [0.2, 0.25) is 10.0 Å². The van der Waals surface area contributed by atoms with Crippen molar-refractivity contribution >= 4 is 15.8 Å². The van der Waals surface area contributed by atoms with Gasteiger partial charge in [0.15, 0.2) is 5.78 Å². The molecule has 0 saturated heterocycles. The Morgan fingerprint density at radius 1 is 1.54 bits per heavy atom. The Kier molecular flexibility index (Phi) is 2.84. The van der Waals surface area contributed by atoms with Gasteiger partial charge in [-0.15, -0.1) is 0 Å². The molecule has 0 amide bonds. The summed E-state index contributed by atoms with van der Waals surface area (Å²) in [5.74, 6) is -0.116. The fourth-order valence-corrected chi connectivity index (χ4v) is 2.10. The number of rotatable bonds is 2. The van der Waals surface area contributed by atoms with E-state index in [4.69, 9.17) is 5.73 Å². The first kappa shape index (κ1) is 10.4. The number of ketones is 1. The van der Waals surface area contributed by atoms with Crippen LogP contribution in [0.15, 0.2) is 11.0 Å². The summed E-state index contributed by atoms with van der Waals surface area (Å²) < 4.78 is 24.7. The molecule has 0 aliphatic heterocycles. The van der Waals surface area contributed by atoms with E-state index in [2.05, 4.69) is 4.72 Å². The van der Waals surface area contributed by atoms with Gasteiger partial charge in [-0.25, -0.2) is 13.1 Å². The molecule has 74 valence electrons. The Morgan fingerprint density at radius 2 is 2.15 bits per heavy atom. The molecule has 1 atom stereocenters. The topological polar surface area (TPSA) is 89.3 Å². The molecule has 3 N–H and O–H groups in total. The Bertz CT molecular complexity index is 345. The molecular weight excluding hydrogens is 192 g/mol. The first-order chi connectivity index (χ1) is 5.97. The number of hydrogen-bond acceptors (Lipinski definition) is 4. The zero-order chi connectivity index (χ0) is 10.1. The van der Waals surface area contributed by atoms with E-state index in [0.717, 1.165) is 0 Å². The summed E-state index contributed by atoms with van der Waals surface area (Å²) >= 11 is 0. The summed E-state index contributed by atoms with van der Waals surface area (Å²) in [5, 5.41) is 0. The monoisotopic (exact) mass is 204 g/mol. The molecule has 1 rings (SSSR count). The molecule has 1 aliphatic rings. The van der Waals surface area contributed by atoms with Crippen molar-refractivity contribution < 1.29 is 13.2 Å². The van der Waals surface area contributed by atoms with Crippen LogP contribution in [0.2, 0.25) is 0 Å². The number of Topliss-reactive ketones (excluding diaryl/α,β-unsaturated/α-hetero) is 1. The van der Waals surface area contributed by atoms with E-state index in [1.165, 1.54) is 13.1 Å². The SMILES string of the molecule is CNS(=O)(=O)C1=CC(N)C(=O)CC1. The molecule has 0 fully saturated rings. The van der Waals surface area contributed by atoms with Crippen LogP contribution >= 0.6 is 0 Å². The highest BCUT2D eigenvalue weighted by atomic mass is 32.2. The lowest BCUT2D eigenvalue weighted by Gasteiger charge is -2.16. The lowest BCUT2D eigenvalue weighted by Crippen LogP contribution is -2.34. The van der Waals surface area contributed by atoms with Crippen molar-refractivity contribution in [2.45, 2.75) is 18.9 Å². The van der Waals surface area contributed by atoms with Crippen LogP contribution in [0.4, 0.5) is 0 Å². The van der Waals surface area contributed by atoms with E-state index in [-0.39, 0.29) is 23.5 Å². The third-order valence-corrected chi connectivity index (χ3v) is 3.54. The Balaban J connectivity index is 2.97. The Hall–Kier alpha value is -0.720. The average molecular weight is 204 g/mol. The number of nitrogens with two attached hydrogens (primary N) is 1. The van der Waals surface area contributed by atoms with Gasteiger partial charge in [-0.2, -0.15) is 0 Å². The molecule has 0 aromatic carbocycles. The second-order valence-corrected chi connectivity index (χ2v) is 4.77. The highest BCUT2D eigenvalue weighted by Gasteiger charge is 2.24. The number of hydrogen-bond donors (Lipinski definition) is 2. The fraction of sp³-hybridized carbons (Fsp3) is 0.571. The molecule has 6 heteroatoms. The second kappa shape index (κ2) is 3.57. The summed E-state index contributed by atoms with van der Waals surface area (Å²) in [6.45, 7) is 0. The molecule has 5 nitrogen and oxygen atoms in total. The molecule has 1 aliphatic carbocycles.